The molecule has 4 rings (SSSR count). The highest BCUT2D eigenvalue weighted by Crippen LogP contribution is 2.48. The lowest BCUT2D eigenvalue weighted by Crippen LogP contribution is -2.39. The highest BCUT2D eigenvalue weighted by Gasteiger charge is 2.41. The van der Waals surface area contributed by atoms with E-state index < -0.39 is 22.6 Å². The average molecular weight is 489 g/mol. The number of ketones is 1. The summed E-state index contributed by atoms with van der Waals surface area (Å²) in [6.07, 6.45) is -3.79. The van der Waals surface area contributed by atoms with E-state index in [1.165, 1.54) is 23.1 Å². The molecule has 11 heteroatoms. The van der Waals surface area contributed by atoms with Crippen LogP contribution in [-0.2, 0) is 11.0 Å². The van der Waals surface area contributed by atoms with E-state index in [0.29, 0.717) is 24.1 Å². The van der Waals surface area contributed by atoms with E-state index in [0.717, 1.165) is 18.2 Å². The van der Waals surface area contributed by atoms with Crippen molar-refractivity contribution in [3.8, 4) is 6.07 Å². The Labute approximate surface area is 196 Å². The predicted molar refractivity (Wildman–Crippen MR) is 117 cm³/mol. The zero-order valence-corrected chi connectivity index (χ0v) is 18.2. The van der Waals surface area contributed by atoms with Crippen LogP contribution in [0.1, 0.15) is 36.3 Å². The van der Waals surface area contributed by atoms with Crippen molar-refractivity contribution in [1.82, 2.24) is 0 Å². The quantitative estimate of drug-likeness (QED) is 0.446. The van der Waals surface area contributed by atoms with Gasteiger partial charge in [0.25, 0.3) is 5.69 Å². The molecule has 2 aromatic rings. The Balaban J connectivity index is 1.99. The Morgan fingerprint density at radius 1 is 1.21 bits per heavy atom. The topological polar surface area (TPSA) is 113 Å². The maximum absolute atomic E-state index is 13.4. The molecule has 34 heavy (non-hydrogen) atoms. The summed E-state index contributed by atoms with van der Waals surface area (Å²) in [5.41, 5.74) is 5.72. The average Bonchev–Trinajstić information content (AvgIpc) is 2.78. The van der Waals surface area contributed by atoms with Crippen LogP contribution in [0.5, 0.6) is 0 Å². The molecule has 2 N–H and O–H groups in total. The summed E-state index contributed by atoms with van der Waals surface area (Å²) in [4.78, 5) is 25.0. The van der Waals surface area contributed by atoms with Crippen molar-refractivity contribution in [1.29, 1.82) is 5.26 Å². The smallest absolute Gasteiger partial charge is 0.384 e. The minimum atomic E-state index is -4.66. The van der Waals surface area contributed by atoms with Crippen molar-refractivity contribution in [2.24, 2.45) is 5.73 Å². The highest BCUT2D eigenvalue weighted by atomic mass is 35.5. The molecule has 1 aliphatic carbocycles. The van der Waals surface area contributed by atoms with E-state index >= 15 is 0 Å². The maximum atomic E-state index is 13.4. The molecule has 0 bridgehead atoms. The number of halogens is 4. The Kier molecular flexibility index (Phi) is 5.83. The number of hydrogen-bond acceptors (Lipinski definition) is 6. The number of rotatable bonds is 3. The number of carbonyl (C=O) groups excluding carboxylic acids is 1. The maximum Gasteiger partial charge on any atom is 0.416 e. The van der Waals surface area contributed by atoms with Gasteiger partial charge in [-0.05, 0) is 36.6 Å². The summed E-state index contributed by atoms with van der Waals surface area (Å²) in [5.74, 6) is -1.49. The van der Waals surface area contributed by atoms with Crippen LogP contribution < -0.4 is 10.6 Å². The first-order valence-electron chi connectivity index (χ1n) is 10.1. The van der Waals surface area contributed by atoms with Crippen molar-refractivity contribution in [3.63, 3.8) is 0 Å². The predicted octanol–water partition coefficient (Wildman–Crippen LogP) is 5.57. The second-order valence-electron chi connectivity index (χ2n) is 7.83. The third-order valence-corrected chi connectivity index (χ3v) is 6.16. The molecule has 1 atom stereocenters. The monoisotopic (exact) mass is 488 g/mol. The molecule has 2 aliphatic rings. The number of nitro benzene ring substituents is 1. The van der Waals surface area contributed by atoms with E-state index in [4.69, 9.17) is 17.3 Å². The first-order valence-corrected chi connectivity index (χ1v) is 10.5. The second-order valence-corrected chi connectivity index (χ2v) is 8.24. The molecule has 0 saturated carbocycles. The van der Waals surface area contributed by atoms with Crippen LogP contribution in [0.2, 0.25) is 5.02 Å². The van der Waals surface area contributed by atoms with Crippen molar-refractivity contribution >= 4 is 28.8 Å². The Hall–Kier alpha value is -3.84. The minimum absolute atomic E-state index is 0.0492. The number of alkyl halides is 3. The fraction of sp³-hybridized carbons (Fsp3) is 0.217. The van der Waals surface area contributed by atoms with Crippen molar-refractivity contribution in [2.75, 3.05) is 4.90 Å². The van der Waals surface area contributed by atoms with Gasteiger partial charge in [0.05, 0.1) is 38.8 Å². The van der Waals surface area contributed by atoms with Gasteiger partial charge < -0.3 is 5.73 Å². The van der Waals surface area contributed by atoms with E-state index in [1.807, 2.05) is 6.07 Å². The van der Waals surface area contributed by atoms with E-state index in [1.54, 1.807) is 6.07 Å². The first-order chi connectivity index (χ1) is 16.0. The lowest BCUT2D eigenvalue weighted by atomic mass is 9.75. The lowest BCUT2D eigenvalue weighted by Gasteiger charge is -2.40. The second kappa shape index (κ2) is 8.50. The van der Waals surface area contributed by atoms with Gasteiger partial charge in [-0.2, -0.15) is 18.4 Å². The molecule has 0 saturated heterocycles. The van der Waals surface area contributed by atoms with Crippen molar-refractivity contribution < 1.29 is 22.9 Å². The molecule has 1 heterocycles. The number of Topliss-reactive ketones (excluding diaryl/α,β-unsaturated/α-hetero) is 1. The molecular weight excluding hydrogens is 473 g/mol. The number of benzene rings is 2. The number of nitrogens with two attached hydrogens (primary N) is 1. The summed E-state index contributed by atoms with van der Waals surface area (Å²) < 4.78 is 40.2. The molecule has 0 aromatic heterocycles. The van der Waals surface area contributed by atoms with E-state index in [-0.39, 0.29) is 45.6 Å². The van der Waals surface area contributed by atoms with Gasteiger partial charge in [0.2, 0.25) is 0 Å². The number of anilines is 1. The molecule has 0 radical (unpaired) electrons. The van der Waals surface area contributed by atoms with Crippen LogP contribution in [0.15, 0.2) is 65.1 Å². The van der Waals surface area contributed by atoms with Gasteiger partial charge in [0, 0.05) is 29.8 Å². The van der Waals surface area contributed by atoms with Crippen molar-refractivity contribution in [3.05, 3.63) is 91.4 Å². The summed E-state index contributed by atoms with van der Waals surface area (Å²) in [6.45, 7) is 0. The molecule has 1 aliphatic heterocycles. The Morgan fingerprint density at radius 3 is 2.59 bits per heavy atom. The SMILES string of the molecule is N#CC1=C(N)N(c2cc(C(F)(F)F)ccc2Cl)C2=C(C(=O)CCC2)C1c1cccc([N+](=O)[O-])c1. The van der Waals surface area contributed by atoms with Crippen LogP contribution in [0.4, 0.5) is 24.5 Å². The number of nitro groups is 1. The van der Waals surface area contributed by atoms with Gasteiger partial charge >= 0.3 is 6.18 Å². The normalized spacial score (nSPS) is 18.6. The fourth-order valence-corrected chi connectivity index (χ4v) is 4.58. The molecule has 1 unspecified atom stereocenters. The van der Waals surface area contributed by atoms with Crippen LogP contribution in [0.25, 0.3) is 0 Å². The van der Waals surface area contributed by atoms with Crippen LogP contribution in [-0.4, -0.2) is 10.7 Å². The molecule has 0 spiro atoms. The van der Waals surface area contributed by atoms with Crippen LogP contribution in [0.3, 0.4) is 0 Å². The molecule has 2 aromatic carbocycles. The number of carbonyl (C=O) groups is 1. The standard InChI is InChI=1S/C23H16ClF3N4O3/c24-16-8-7-13(23(25,26)27)10-18(16)30-17-5-2-6-19(32)21(17)20(15(11-28)22(30)29)12-3-1-4-14(9-12)31(33)34/h1,3-4,7-10,20H,2,5-6,29H2. The van der Waals surface area contributed by atoms with Gasteiger partial charge in [0.1, 0.15) is 5.82 Å². The lowest BCUT2D eigenvalue weighted by molar-refractivity contribution is -0.384. The third-order valence-electron chi connectivity index (χ3n) is 5.84. The molecule has 7 nitrogen and oxygen atoms in total. The summed E-state index contributed by atoms with van der Waals surface area (Å²) in [5, 5.41) is 21.2. The fourth-order valence-electron chi connectivity index (χ4n) is 4.37. The van der Waals surface area contributed by atoms with E-state index in [2.05, 4.69) is 0 Å². The van der Waals surface area contributed by atoms with Crippen molar-refractivity contribution in [2.45, 2.75) is 31.4 Å². The zero-order chi connectivity index (χ0) is 24.8. The molecule has 0 fully saturated rings. The first kappa shape index (κ1) is 23.3. The molecular formula is C23H16ClF3N4O3. The van der Waals surface area contributed by atoms with Crippen LogP contribution >= 0.6 is 11.6 Å². The highest BCUT2D eigenvalue weighted by molar-refractivity contribution is 6.33. The summed E-state index contributed by atoms with van der Waals surface area (Å²) >= 11 is 6.26. The molecule has 0 amide bonds. The molecule has 174 valence electrons. The van der Waals surface area contributed by atoms with Gasteiger partial charge in [-0.3, -0.25) is 19.8 Å². The zero-order valence-electron chi connectivity index (χ0n) is 17.4. The van der Waals surface area contributed by atoms with Crippen LogP contribution in [0, 0.1) is 21.4 Å². The number of nitrogens with zero attached hydrogens (tertiary/aromatic N) is 3. The number of nitriles is 1. The van der Waals surface area contributed by atoms with Gasteiger partial charge in [-0.1, -0.05) is 23.7 Å². The number of allylic oxidation sites excluding steroid dienone is 3. The van der Waals surface area contributed by atoms with Gasteiger partial charge in [0.15, 0.2) is 5.78 Å². The Morgan fingerprint density at radius 2 is 1.94 bits per heavy atom. The van der Waals surface area contributed by atoms with E-state index in [9.17, 15) is 33.3 Å². The third kappa shape index (κ3) is 3.88. The largest absolute Gasteiger partial charge is 0.416 e. The van der Waals surface area contributed by atoms with Gasteiger partial charge in [-0.15, -0.1) is 0 Å². The summed E-state index contributed by atoms with van der Waals surface area (Å²) in [6, 6.07) is 10.2. The number of non-ortho nitro benzene ring substituents is 1. The summed E-state index contributed by atoms with van der Waals surface area (Å²) in [7, 11) is 0. The Bertz CT molecular complexity index is 1330. The number of hydrogen-bond donors (Lipinski definition) is 1. The van der Waals surface area contributed by atoms with Gasteiger partial charge in [-0.25, -0.2) is 0 Å². The minimum Gasteiger partial charge on any atom is -0.384 e.